The van der Waals surface area contributed by atoms with Crippen LogP contribution in [0.25, 0.3) is 16.8 Å². The highest BCUT2D eigenvalue weighted by atomic mass is 16.2. The molecule has 1 amide bonds. The molecule has 1 fully saturated rings. The zero-order valence-electron chi connectivity index (χ0n) is 17.0. The molecule has 0 spiro atoms. The van der Waals surface area contributed by atoms with Crippen molar-refractivity contribution in [3.05, 3.63) is 53.5 Å². The van der Waals surface area contributed by atoms with Crippen LogP contribution in [-0.2, 0) is 6.42 Å². The van der Waals surface area contributed by atoms with E-state index < -0.39 is 0 Å². The zero-order valence-corrected chi connectivity index (χ0v) is 17.0. The van der Waals surface area contributed by atoms with E-state index in [-0.39, 0.29) is 5.91 Å². The van der Waals surface area contributed by atoms with Gasteiger partial charge in [0.1, 0.15) is 0 Å². The number of carbonyl (C=O) groups excluding carboxylic acids is 1. The molecule has 0 aliphatic carbocycles. The van der Waals surface area contributed by atoms with Gasteiger partial charge in [-0.05, 0) is 37.7 Å². The molecule has 0 unspecified atom stereocenters. The monoisotopic (exact) mass is 376 g/mol. The van der Waals surface area contributed by atoms with Gasteiger partial charge >= 0.3 is 0 Å². The number of aryl methyl sites for hydroxylation is 2. The van der Waals surface area contributed by atoms with Crippen molar-refractivity contribution in [3.8, 4) is 11.1 Å². The second-order valence-corrected chi connectivity index (χ2v) is 7.91. The molecule has 146 valence electrons. The lowest BCUT2D eigenvalue weighted by Crippen LogP contribution is -2.38. The molecule has 4 rings (SSSR count). The average molecular weight is 377 g/mol. The first-order valence-corrected chi connectivity index (χ1v) is 10.3. The van der Waals surface area contributed by atoms with E-state index in [1.54, 1.807) is 6.20 Å². The molecule has 3 heterocycles. The highest BCUT2D eigenvalue weighted by Crippen LogP contribution is 2.29. The van der Waals surface area contributed by atoms with Gasteiger partial charge in [-0.15, -0.1) is 0 Å². The molecule has 0 bridgehead atoms. The van der Waals surface area contributed by atoms with Gasteiger partial charge < -0.3 is 4.90 Å². The SMILES string of the molecule is CCCc1c(C(=O)N2CCC(C)CC2)cnc2c(-c3ccccc3)c(C)nn12. The van der Waals surface area contributed by atoms with Crippen LogP contribution < -0.4 is 0 Å². The van der Waals surface area contributed by atoms with Gasteiger partial charge in [-0.1, -0.05) is 50.6 Å². The fourth-order valence-corrected chi connectivity index (χ4v) is 4.12. The van der Waals surface area contributed by atoms with Crippen molar-refractivity contribution >= 4 is 11.6 Å². The van der Waals surface area contributed by atoms with Crippen molar-refractivity contribution < 1.29 is 4.79 Å². The van der Waals surface area contributed by atoms with Gasteiger partial charge in [0, 0.05) is 24.8 Å². The summed E-state index contributed by atoms with van der Waals surface area (Å²) in [5.41, 5.74) is 5.59. The Hall–Kier alpha value is -2.69. The maximum Gasteiger partial charge on any atom is 0.257 e. The number of piperidine rings is 1. The molecular weight excluding hydrogens is 348 g/mol. The Balaban J connectivity index is 1.81. The van der Waals surface area contributed by atoms with Crippen LogP contribution in [0.1, 0.15) is 54.9 Å². The van der Waals surface area contributed by atoms with Crippen LogP contribution in [0.5, 0.6) is 0 Å². The zero-order chi connectivity index (χ0) is 19.7. The maximum absolute atomic E-state index is 13.3. The molecular formula is C23H28N4O. The van der Waals surface area contributed by atoms with E-state index in [0.29, 0.717) is 11.5 Å². The molecule has 1 aliphatic rings. The predicted molar refractivity (Wildman–Crippen MR) is 111 cm³/mol. The fourth-order valence-electron chi connectivity index (χ4n) is 4.12. The fraction of sp³-hybridized carbons (Fsp3) is 0.435. The van der Waals surface area contributed by atoms with Gasteiger partial charge in [0.2, 0.25) is 0 Å². The first-order valence-electron chi connectivity index (χ1n) is 10.3. The minimum atomic E-state index is 0.0964. The second kappa shape index (κ2) is 7.74. The Morgan fingerprint density at radius 2 is 1.89 bits per heavy atom. The molecule has 2 aromatic heterocycles. The normalized spacial score (nSPS) is 15.3. The van der Waals surface area contributed by atoms with E-state index >= 15 is 0 Å². The first kappa shape index (κ1) is 18.7. The van der Waals surface area contributed by atoms with E-state index in [1.807, 2.05) is 34.5 Å². The third-order valence-electron chi connectivity index (χ3n) is 5.77. The average Bonchev–Trinajstić information content (AvgIpc) is 3.05. The van der Waals surface area contributed by atoms with Gasteiger partial charge in [-0.2, -0.15) is 5.10 Å². The summed E-state index contributed by atoms with van der Waals surface area (Å²) >= 11 is 0. The summed E-state index contributed by atoms with van der Waals surface area (Å²) in [4.78, 5) is 19.9. The summed E-state index contributed by atoms with van der Waals surface area (Å²) in [5.74, 6) is 0.793. The third kappa shape index (κ3) is 3.30. The lowest BCUT2D eigenvalue weighted by molar-refractivity contribution is 0.0694. The molecule has 1 saturated heterocycles. The molecule has 0 radical (unpaired) electrons. The Kier molecular flexibility index (Phi) is 5.16. The molecule has 3 aromatic rings. The lowest BCUT2D eigenvalue weighted by atomic mass is 9.98. The van der Waals surface area contributed by atoms with Crippen LogP contribution in [0, 0.1) is 12.8 Å². The van der Waals surface area contributed by atoms with E-state index in [0.717, 1.165) is 66.9 Å². The van der Waals surface area contributed by atoms with Gasteiger partial charge in [0.15, 0.2) is 5.65 Å². The van der Waals surface area contributed by atoms with E-state index in [1.165, 1.54) is 0 Å². The van der Waals surface area contributed by atoms with Crippen LogP contribution in [0.3, 0.4) is 0 Å². The van der Waals surface area contributed by atoms with Crippen LogP contribution in [-0.4, -0.2) is 38.5 Å². The summed E-state index contributed by atoms with van der Waals surface area (Å²) in [5, 5.41) is 4.79. The standard InChI is InChI=1S/C23H28N4O/c1-4-8-20-19(23(28)26-13-11-16(2)12-14-26)15-24-22-21(17(3)25-27(20)22)18-9-6-5-7-10-18/h5-7,9-10,15-16H,4,8,11-14H2,1-3H3. The van der Waals surface area contributed by atoms with E-state index in [2.05, 4.69) is 26.0 Å². The lowest BCUT2D eigenvalue weighted by Gasteiger charge is -2.30. The molecule has 5 heteroatoms. The molecule has 0 N–H and O–H groups in total. The van der Waals surface area contributed by atoms with Crippen molar-refractivity contribution in [2.45, 2.75) is 46.5 Å². The Labute approximate surface area is 166 Å². The smallest absolute Gasteiger partial charge is 0.257 e. The first-order chi connectivity index (χ1) is 13.6. The Morgan fingerprint density at radius 1 is 1.18 bits per heavy atom. The molecule has 0 atom stereocenters. The Bertz CT molecular complexity index is 985. The number of fused-ring (bicyclic) bond motifs is 1. The third-order valence-corrected chi connectivity index (χ3v) is 5.77. The van der Waals surface area contributed by atoms with Gasteiger partial charge in [0.05, 0.1) is 17.0 Å². The number of hydrogen-bond donors (Lipinski definition) is 0. The molecule has 0 saturated carbocycles. The van der Waals surface area contributed by atoms with Crippen molar-refractivity contribution in [1.82, 2.24) is 19.5 Å². The molecule has 1 aromatic carbocycles. The largest absolute Gasteiger partial charge is 0.339 e. The van der Waals surface area contributed by atoms with E-state index in [4.69, 9.17) is 10.1 Å². The van der Waals surface area contributed by atoms with Gasteiger partial charge in [-0.3, -0.25) is 4.79 Å². The second-order valence-electron chi connectivity index (χ2n) is 7.91. The maximum atomic E-state index is 13.3. The highest BCUT2D eigenvalue weighted by Gasteiger charge is 2.26. The van der Waals surface area contributed by atoms with Crippen LogP contribution in [0.2, 0.25) is 0 Å². The topological polar surface area (TPSA) is 50.5 Å². The number of carbonyl (C=O) groups is 1. The number of benzene rings is 1. The minimum absolute atomic E-state index is 0.0964. The van der Waals surface area contributed by atoms with Gasteiger partial charge in [0.25, 0.3) is 5.91 Å². The summed E-state index contributed by atoms with van der Waals surface area (Å²) in [6.07, 6.45) is 5.68. The number of nitrogens with zero attached hydrogens (tertiary/aromatic N) is 4. The molecule has 5 nitrogen and oxygen atoms in total. The summed E-state index contributed by atoms with van der Waals surface area (Å²) in [6, 6.07) is 10.2. The van der Waals surface area contributed by atoms with Crippen LogP contribution in [0.15, 0.2) is 36.5 Å². The molecule has 28 heavy (non-hydrogen) atoms. The predicted octanol–water partition coefficient (Wildman–Crippen LogP) is 4.53. The van der Waals surface area contributed by atoms with Crippen molar-refractivity contribution in [2.24, 2.45) is 5.92 Å². The number of rotatable bonds is 4. The quantitative estimate of drug-likeness (QED) is 0.672. The van der Waals surface area contributed by atoms with Crippen LogP contribution in [0.4, 0.5) is 0 Å². The number of aromatic nitrogens is 3. The molecule has 1 aliphatic heterocycles. The summed E-state index contributed by atoms with van der Waals surface area (Å²) in [6.45, 7) is 8.07. The van der Waals surface area contributed by atoms with E-state index in [9.17, 15) is 4.79 Å². The number of amides is 1. The van der Waals surface area contributed by atoms with Crippen LogP contribution >= 0.6 is 0 Å². The van der Waals surface area contributed by atoms with Crippen molar-refractivity contribution in [2.75, 3.05) is 13.1 Å². The van der Waals surface area contributed by atoms with Crippen molar-refractivity contribution in [1.29, 1.82) is 0 Å². The number of hydrogen-bond acceptors (Lipinski definition) is 3. The summed E-state index contributed by atoms with van der Waals surface area (Å²) in [7, 11) is 0. The van der Waals surface area contributed by atoms with Crippen molar-refractivity contribution in [3.63, 3.8) is 0 Å². The summed E-state index contributed by atoms with van der Waals surface area (Å²) < 4.78 is 1.90. The minimum Gasteiger partial charge on any atom is -0.339 e. The number of likely N-dealkylation sites (tertiary alicyclic amines) is 1. The Morgan fingerprint density at radius 3 is 2.57 bits per heavy atom. The highest BCUT2D eigenvalue weighted by molar-refractivity contribution is 5.96. The van der Waals surface area contributed by atoms with Gasteiger partial charge in [-0.25, -0.2) is 9.50 Å².